The Bertz CT molecular complexity index is 1160. The summed E-state index contributed by atoms with van der Waals surface area (Å²) in [7, 11) is 0. The second kappa shape index (κ2) is 9.30. The van der Waals surface area contributed by atoms with Gasteiger partial charge in [-0.05, 0) is 48.2 Å². The average Bonchev–Trinajstić information content (AvgIpc) is 3.15. The van der Waals surface area contributed by atoms with Gasteiger partial charge in [-0.25, -0.2) is 17.6 Å². The molecule has 32 heavy (non-hydrogen) atoms. The number of hydrogen-bond donors (Lipinski definition) is 0. The lowest BCUT2D eigenvalue weighted by Crippen LogP contribution is -2.02. The van der Waals surface area contributed by atoms with Crippen molar-refractivity contribution in [2.75, 3.05) is 0 Å². The van der Waals surface area contributed by atoms with Crippen molar-refractivity contribution in [2.45, 2.75) is 32.2 Å². The lowest BCUT2D eigenvalue weighted by Gasteiger charge is -2.08. The van der Waals surface area contributed by atoms with Gasteiger partial charge in [0.1, 0.15) is 40.6 Å². The van der Waals surface area contributed by atoms with Crippen molar-refractivity contribution in [3.8, 4) is 22.3 Å². The zero-order chi connectivity index (χ0) is 22.7. The molecule has 0 amide bonds. The first kappa shape index (κ1) is 21.7. The van der Waals surface area contributed by atoms with Crippen LogP contribution in [-0.2, 0) is 11.3 Å². The molecule has 3 aromatic carbocycles. The van der Waals surface area contributed by atoms with Gasteiger partial charge in [-0.15, -0.1) is 0 Å². The number of aldehydes is 1. The van der Waals surface area contributed by atoms with Gasteiger partial charge in [0.15, 0.2) is 0 Å². The fourth-order valence-corrected chi connectivity index (χ4v) is 3.68. The summed E-state index contributed by atoms with van der Waals surface area (Å²) < 4.78 is 55.3. The van der Waals surface area contributed by atoms with Crippen LogP contribution in [0, 0.1) is 23.3 Å². The Kier molecular flexibility index (Phi) is 6.30. The third kappa shape index (κ3) is 4.69. The van der Waals surface area contributed by atoms with Gasteiger partial charge in [0.05, 0.1) is 6.54 Å². The molecular weight excluding hydrogens is 422 g/mol. The number of rotatable bonds is 8. The van der Waals surface area contributed by atoms with Crippen LogP contribution in [0.2, 0.25) is 0 Å². The smallest absolute Gasteiger partial charge is 0.126 e. The predicted octanol–water partition coefficient (Wildman–Crippen LogP) is 6.08. The van der Waals surface area contributed by atoms with Crippen molar-refractivity contribution in [1.29, 1.82) is 0 Å². The minimum Gasteiger partial charge on any atom is -0.303 e. The Hall–Kier alpha value is -3.55. The third-order valence-corrected chi connectivity index (χ3v) is 5.11. The van der Waals surface area contributed by atoms with Crippen LogP contribution in [0.4, 0.5) is 17.6 Å². The summed E-state index contributed by atoms with van der Waals surface area (Å²) in [6.07, 6.45) is 3.64. The molecule has 4 nitrogen and oxygen atoms in total. The fourth-order valence-electron chi connectivity index (χ4n) is 3.68. The molecule has 1 heterocycles. The zero-order valence-electron chi connectivity index (χ0n) is 17.0. The van der Waals surface area contributed by atoms with Crippen LogP contribution in [0.3, 0.4) is 0 Å². The van der Waals surface area contributed by atoms with Crippen LogP contribution in [0.25, 0.3) is 33.3 Å². The highest BCUT2D eigenvalue weighted by Gasteiger charge is 2.17. The lowest BCUT2D eigenvalue weighted by molar-refractivity contribution is -0.107. The standard InChI is InChI=1S/C24H19F4N3O/c25-17-9-15(10-18(26)13-17)21-5-6-22(16-11-19(27)14-20(28)12-16)24-23(21)29-31(30-24)7-3-1-2-4-8-32/h5-6,8-14H,1-4,7H2. The summed E-state index contributed by atoms with van der Waals surface area (Å²) in [5, 5.41) is 9.00. The Labute approximate surface area is 181 Å². The summed E-state index contributed by atoms with van der Waals surface area (Å²) in [5.41, 5.74) is 2.19. The topological polar surface area (TPSA) is 47.8 Å². The molecule has 0 aliphatic rings. The van der Waals surface area contributed by atoms with Crippen molar-refractivity contribution in [1.82, 2.24) is 15.0 Å². The molecule has 4 aromatic rings. The largest absolute Gasteiger partial charge is 0.303 e. The fraction of sp³-hybridized carbons (Fsp3) is 0.208. The van der Waals surface area contributed by atoms with Gasteiger partial charge < -0.3 is 4.79 Å². The summed E-state index contributed by atoms with van der Waals surface area (Å²) in [4.78, 5) is 11.9. The van der Waals surface area contributed by atoms with E-state index in [4.69, 9.17) is 0 Å². The summed E-state index contributed by atoms with van der Waals surface area (Å²) >= 11 is 0. The third-order valence-electron chi connectivity index (χ3n) is 5.11. The second-order valence-corrected chi connectivity index (χ2v) is 7.49. The number of benzene rings is 3. The highest BCUT2D eigenvalue weighted by atomic mass is 19.1. The van der Waals surface area contributed by atoms with E-state index in [1.54, 1.807) is 12.1 Å². The van der Waals surface area contributed by atoms with Crippen molar-refractivity contribution < 1.29 is 22.4 Å². The van der Waals surface area contributed by atoms with E-state index < -0.39 is 23.3 Å². The van der Waals surface area contributed by atoms with Crippen LogP contribution in [0.15, 0.2) is 48.5 Å². The van der Waals surface area contributed by atoms with E-state index in [1.165, 1.54) is 29.1 Å². The van der Waals surface area contributed by atoms with Gasteiger partial charge in [-0.2, -0.15) is 15.0 Å². The van der Waals surface area contributed by atoms with Crippen molar-refractivity contribution in [3.63, 3.8) is 0 Å². The van der Waals surface area contributed by atoms with E-state index in [0.717, 1.165) is 37.7 Å². The maximum atomic E-state index is 13.8. The first-order valence-electron chi connectivity index (χ1n) is 10.2. The van der Waals surface area contributed by atoms with Crippen LogP contribution < -0.4 is 0 Å². The number of unbranched alkanes of at least 4 members (excludes halogenated alkanes) is 3. The lowest BCUT2D eigenvalue weighted by atomic mass is 9.97. The molecule has 0 aliphatic heterocycles. The molecule has 0 aliphatic carbocycles. The molecule has 0 N–H and O–H groups in total. The molecule has 0 saturated heterocycles. The molecular formula is C24H19F4N3O. The SMILES string of the molecule is O=CCCCCCn1nc2c(-c3cc(F)cc(F)c3)ccc(-c3cc(F)cc(F)c3)c2n1. The molecule has 0 atom stereocenters. The first-order chi connectivity index (χ1) is 15.4. The zero-order valence-corrected chi connectivity index (χ0v) is 17.0. The molecule has 4 rings (SSSR count). The normalized spacial score (nSPS) is 11.2. The first-order valence-corrected chi connectivity index (χ1v) is 10.2. The Morgan fingerprint density at radius 2 is 1.16 bits per heavy atom. The van der Waals surface area contributed by atoms with Gasteiger partial charge in [-0.1, -0.05) is 18.6 Å². The van der Waals surface area contributed by atoms with Crippen molar-refractivity contribution in [3.05, 3.63) is 71.8 Å². The number of carbonyl (C=O) groups excluding carboxylic acids is 1. The molecule has 0 fully saturated rings. The Morgan fingerprint density at radius 3 is 1.59 bits per heavy atom. The number of fused-ring (bicyclic) bond motifs is 1. The number of carbonyl (C=O) groups is 1. The molecule has 0 bridgehead atoms. The summed E-state index contributed by atoms with van der Waals surface area (Å²) in [5.74, 6) is -2.92. The quantitative estimate of drug-likeness (QED) is 0.189. The van der Waals surface area contributed by atoms with Gasteiger partial charge in [0.2, 0.25) is 0 Å². The van der Waals surface area contributed by atoms with E-state index in [0.29, 0.717) is 35.1 Å². The summed E-state index contributed by atoms with van der Waals surface area (Å²) in [6, 6.07) is 9.54. The molecule has 0 unspecified atom stereocenters. The number of aromatic nitrogens is 3. The van der Waals surface area contributed by atoms with Crippen LogP contribution in [0.5, 0.6) is 0 Å². The molecule has 164 valence electrons. The molecule has 0 spiro atoms. The van der Waals surface area contributed by atoms with E-state index >= 15 is 0 Å². The maximum absolute atomic E-state index is 13.8. The molecule has 0 saturated carbocycles. The minimum atomic E-state index is -0.730. The van der Waals surface area contributed by atoms with E-state index in [9.17, 15) is 22.4 Å². The van der Waals surface area contributed by atoms with Crippen molar-refractivity contribution in [2.24, 2.45) is 0 Å². The number of nitrogens with zero attached hydrogens (tertiary/aromatic N) is 3. The van der Waals surface area contributed by atoms with Gasteiger partial charge in [0, 0.05) is 29.7 Å². The Balaban J connectivity index is 1.82. The summed E-state index contributed by atoms with van der Waals surface area (Å²) in [6.45, 7) is 0.460. The highest BCUT2D eigenvalue weighted by Crippen LogP contribution is 2.35. The van der Waals surface area contributed by atoms with E-state index in [-0.39, 0.29) is 11.1 Å². The average molecular weight is 441 g/mol. The number of hydrogen-bond acceptors (Lipinski definition) is 3. The van der Waals surface area contributed by atoms with Crippen LogP contribution >= 0.6 is 0 Å². The monoisotopic (exact) mass is 441 g/mol. The Morgan fingerprint density at radius 1 is 0.688 bits per heavy atom. The highest BCUT2D eigenvalue weighted by molar-refractivity contribution is 6.00. The molecule has 0 radical (unpaired) electrons. The molecule has 8 heteroatoms. The maximum Gasteiger partial charge on any atom is 0.126 e. The number of aryl methyl sites for hydroxylation is 1. The van der Waals surface area contributed by atoms with Crippen LogP contribution in [0.1, 0.15) is 25.7 Å². The van der Waals surface area contributed by atoms with E-state index in [2.05, 4.69) is 10.2 Å². The second-order valence-electron chi connectivity index (χ2n) is 7.49. The predicted molar refractivity (Wildman–Crippen MR) is 113 cm³/mol. The van der Waals surface area contributed by atoms with Crippen molar-refractivity contribution >= 4 is 17.3 Å². The van der Waals surface area contributed by atoms with Gasteiger partial charge in [-0.3, -0.25) is 0 Å². The molecule has 1 aromatic heterocycles. The van der Waals surface area contributed by atoms with E-state index in [1.807, 2.05) is 0 Å². The number of halogens is 4. The minimum absolute atomic E-state index is 0.280. The van der Waals surface area contributed by atoms with Gasteiger partial charge >= 0.3 is 0 Å². The van der Waals surface area contributed by atoms with Gasteiger partial charge in [0.25, 0.3) is 0 Å². The van der Waals surface area contributed by atoms with Crippen LogP contribution in [-0.4, -0.2) is 21.3 Å².